The van der Waals surface area contributed by atoms with E-state index in [1.54, 1.807) is 28.8 Å². The molecule has 0 saturated carbocycles. The molecule has 138 valence electrons. The van der Waals surface area contributed by atoms with E-state index in [2.05, 4.69) is 5.32 Å². The van der Waals surface area contributed by atoms with Gasteiger partial charge in [-0.25, -0.2) is 0 Å². The molecule has 1 saturated heterocycles. The van der Waals surface area contributed by atoms with Crippen molar-refractivity contribution in [3.63, 3.8) is 0 Å². The van der Waals surface area contributed by atoms with E-state index < -0.39 is 18.2 Å². The molecule has 1 aromatic heterocycles. The van der Waals surface area contributed by atoms with Crippen molar-refractivity contribution in [2.75, 3.05) is 11.9 Å². The summed E-state index contributed by atoms with van der Waals surface area (Å²) in [6.45, 7) is 1.12. The quantitative estimate of drug-likeness (QED) is 0.538. The lowest BCUT2D eigenvalue weighted by molar-refractivity contribution is -0.204. The maximum Gasteiger partial charge on any atom is 0.320 e. The second kappa shape index (κ2) is 7.24. The van der Waals surface area contributed by atoms with Crippen LogP contribution < -0.4 is 10.2 Å². The summed E-state index contributed by atoms with van der Waals surface area (Å²) in [5, 5.41) is 3.25. The highest BCUT2D eigenvalue weighted by molar-refractivity contribution is 7.16. The molecule has 4 rings (SSSR count). The van der Waals surface area contributed by atoms with Gasteiger partial charge in [-0.2, -0.15) is 0 Å². The number of cyclic esters (lactones) is 2. The van der Waals surface area contributed by atoms with Crippen LogP contribution in [-0.2, 0) is 25.6 Å². The van der Waals surface area contributed by atoms with Crippen molar-refractivity contribution >= 4 is 39.2 Å². The van der Waals surface area contributed by atoms with Gasteiger partial charge < -0.3 is 14.8 Å². The number of fused-ring (bicyclic) bond motifs is 1. The zero-order valence-electron chi connectivity index (χ0n) is 14.2. The first kappa shape index (κ1) is 17.3. The van der Waals surface area contributed by atoms with Gasteiger partial charge in [-0.1, -0.05) is 23.5 Å². The lowest BCUT2D eigenvalue weighted by Gasteiger charge is -2.22. The second-order valence-electron chi connectivity index (χ2n) is 6.02. The van der Waals surface area contributed by atoms with Gasteiger partial charge in [-0.3, -0.25) is 19.0 Å². The summed E-state index contributed by atoms with van der Waals surface area (Å²) in [6.07, 6.45) is -1.35. The van der Waals surface area contributed by atoms with E-state index in [1.165, 1.54) is 11.3 Å². The Morgan fingerprint density at radius 3 is 2.44 bits per heavy atom. The highest BCUT2D eigenvalue weighted by Crippen LogP contribution is 2.25. The summed E-state index contributed by atoms with van der Waals surface area (Å²) in [4.78, 5) is 34.8. The third kappa shape index (κ3) is 3.70. The normalized spacial score (nSPS) is 14.8. The largest absolute Gasteiger partial charge is 0.420 e. The van der Waals surface area contributed by atoms with Gasteiger partial charge in [-0.15, -0.1) is 0 Å². The Balaban J connectivity index is 1.39. The number of nitrogens with one attached hydrogen (secondary N) is 1. The number of anilines is 1. The third-order valence-corrected chi connectivity index (χ3v) is 5.15. The topological polar surface area (TPSA) is 86.6 Å². The van der Waals surface area contributed by atoms with Crippen LogP contribution in [0.1, 0.15) is 18.3 Å². The molecule has 0 atom stereocenters. The van der Waals surface area contributed by atoms with Crippen LogP contribution in [-0.4, -0.2) is 23.1 Å². The molecule has 1 aliphatic rings. The molecule has 0 bridgehead atoms. The van der Waals surface area contributed by atoms with Crippen LogP contribution in [0.15, 0.2) is 53.3 Å². The first-order chi connectivity index (χ1) is 13.1. The number of carbonyl (C=O) groups excluding carboxylic acids is 2. The molecular formula is C19H16N2O5S. The van der Waals surface area contributed by atoms with Crippen LogP contribution in [0.2, 0.25) is 0 Å². The van der Waals surface area contributed by atoms with Crippen LogP contribution in [0.4, 0.5) is 5.69 Å². The number of benzene rings is 2. The van der Waals surface area contributed by atoms with Crippen LogP contribution in [0, 0.1) is 0 Å². The number of rotatable bonds is 5. The molecule has 3 aromatic rings. The molecule has 0 radical (unpaired) electrons. The van der Waals surface area contributed by atoms with Crippen LogP contribution in [0.3, 0.4) is 0 Å². The summed E-state index contributed by atoms with van der Waals surface area (Å²) < 4.78 is 12.8. The molecule has 2 aromatic carbocycles. The maximum absolute atomic E-state index is 12.1. The van der Waals surface area contributed by atoms with Crippen molar-refractivity contribution in [3.8, 4) is 0 Å². The Labute approximate surface area is 158 Å². The van der Waals surface area contributed by atoms with Gasteiger partial charge in [-0.05, 0) is 36.4 Å². The fourth-order valence-corrected chi connectivity index (χ4v) is 3.81. The average Bonchev–Trinajstić information content (AvgIpc) is 2.97. The highest BCUT2D eigenvalue weighted by atomic mass is 32.1. The van der Waals surface area contributed by atoms with Gasteiger partial charge in [0.2, 0.25) is 0 Å². The van der Waals surface area contributed by atoms with Crippen LogP contribution >= 0.6 is 11.3 Å². The summed E-state index contributed by atoms with van der Waals surface area (Å²) >= 11 is 1.24. The molecule has 0 amide bonds. The number of thiazole rings is 1. The molecule has 27 heavy (non-hydrogen) atoms. The predicted molar refractivity (Wildman–Crippen MR) is 101 cm³/mol. The van der Waals surface area contributed by atoms with E-state index in [-0.39, 0.29) is 11.3 Å². The fraction of sp³-hybridized carbons (Fsp3) is 0.211. The summed E-state index contributed by atoms with van der Waals surface area (Å²) in [7, 11) is 0. The van der Waals surface area contributed by atoms with Crippen molar-refractivity contribution in [1.82, 2.24) is 4.57 Å². The number of hydrogen-bond donors (Lipinski definition) is 1. The van der Waals surface area contributed by atoms with Crippen molar-refractivity contribution in [2.24, 2.45) is 0 Å². The van der Waals surface area contributed by atoms with Gasteiger partial charge in [0.25, 0.3) is 6.29 Å². The fourth-order valence-electron chi connectivity index (χ4n) is 2.90. The van der Waals surface area contributed by atoms with E-state index in [4.69, 9.17) is 9.47 Å². The molecule has 2 heterocycles. The molecule has 0 aliphatic carbocycles. The van der Waals surface area contributed by atoms with Crippen LogP contribution in [0.5, 0.6) is 0 Å². The van der Waals surface area contributed by atoms with E-state index in [0.717, 1.165) is 15.9 Å². The number of carbonyl (C=O) groups is 2. The van der Waals surface area contributed by atoms with Crippen molar-refractivity contribution in [3.05, 3.63) is 63.8 Å². The molecule has 7 nitrogen and oxygen atoms in total. The van der Waals surface area contributed by atoms with E-state index in [0.29, 0.717) is 18.7 Å². The minimum Gasteiger partial charge on any atom is -0.420 e. The molecule has 8 heteroatoms. The highest BCUT2D eigenvalue weighted by Gasteiger charge is 2.28. The minimum atomic E-state index is -0.997. The van der Waals surface area contributed by atoms with E-state index >= 15 is 0 Å². The number of nitrogens with zero attached hydrogens (tertiary/aromatic N) is 1. The Hall–Kier alpha value is -3.13. The molecular weight excluding hydrogens is 368 g/mol. The number of para-hydroxylation sites is 1. The SMILES string of the molecule is O=C1CC(=O)OC(c2ccc(NCCn3c(=O)sc4ccccc43)cc2)O1. The van der Waals surface area contributed by atoms with Gasteiger partial charge >= 0.3 is 16.8 Å². The van der Waals surface area contributed by atoms with Gasteiger partial charge in [0, 0.05) is 24.3 Å². The van der Waals surface area contributed by atoms with E-state index in [1.807, 2.05) is 24.3 Å². The van der Waals surface area contributed by atoms with Crippen LogP contribution in [0.25, 0.3) is 10.2 Å². The zero-order chi connectivity index (χ0) is 18.8. The predicted octanol–water partition coefficient (Wildman–Crippen LogP) is 2.66. The van der Waals surface area contributed by atoms with Gasteiger partial charge in [0.05, 0.1) is 10.2 Å². The Morgan fingerprint density at radius 2 is 1.70 bits per heavy atom. The number of hydrogen-bond acceptors (Lipinski definition) is 7. The summed E-state index contributed by atoms with van der Waals surface area (Å²) in [5.41, 5.74) is 2.37. The van der Waals surface area contributed by atoms with Gasteiger partial charge in [0.15, 0.2) is 0 Å². The smallest absolute Gasteiger partial charge is 0.320 e. The Morgan fingerprint density at radius 1 is 1.00 bits per heavy atom. The molecule has 1 fully saturated rings. The monoisotopic (exact) mass is 384 g/mol. The molecule has 0 unspecified atom stereocenters. The number of aromatic nitrogens is 1. The minimum absolute atomic E-state index is 0.0225. The van der Waals surface area contributed by atoms with E-state index in [9.17, 15) is 14.4 Å². The van der Waals surface area contributed by atoms with Gasteiger partial charge in [0.1, 0.15) is 6.42 Å². The average molecular weight is 384 g/mol. The number of esters is 2. The zero-order valence-corrected chi connectivity index (χ0v) is 15.0. The van der Waals surface area contributed by atoms with Crippen molar-refractivity contribution in [2.45, 2.75) is 19.3 Å². The Bertz CT molecular complexity index is 1040. The first-order valence-electron chi connectivity index (χ1n) is 8.41. The maximum atomic E-state index is 12.1. The summed E-state index contributed by atoms with van der Waals surface area (Å²) in [5.74, 6) is -1.18. The summed E-state index contributed by atoms with van der Waals surface area (Å²) in [6, 6.07) is 14.8. The standard InChI is InChI=1S/C19H16N2O5S/c22-16-11-17(23)26-18(25-16)12-5-7-13(8-6-12)20-9-10-21-14-3-1-2-4-15(14)27-19(21)24/h1-8,18,20H,9-11H2. The molecule has 0 spiro atoms. The van der Waals surface area contributed by atoms with Crippen molar-refractivity contribution < 1.29 is 19.1 Å². The first-order valence-corrected chi connectivity index (χ1v) is 9.23. The van der Waals surface area contributed by atoms with Crippen molar-refractivity contribution in [1.29, 1.82) is 0 Å². The lowest BCUT2D eigenvalue weighted by atomic mass is 10.2. The second-order valence-corrected chi connectivity index (χ2v) is 7.02. The molecule has 1 aliphatic heterocycles. The lowest BCUT2D eigenvalue weighted by Crippen LogP contribution is -2.26. The number of ether oxygens (including phenoxy) is 2. The third-order valence-electron chi connectivity index (χ3n) is 4.19. The molecule has 1 N–H and O–H groups in total. The Kier molecular flexibility index (Phi) is 4.64.